The van der Waals surface area contributed by atoms with Gasteiger partial charge in [0.1, 0.15) is 5.92 Å². The van der Waals surface area contributed by atoms with E-state index in [2.05, 4.69) is 4.74 Å². The van der Waals surface area contributed by atoms with E-state index in [1.807, 2.05) is 0 Å². The minimum Gasteiger partial charge on any atom is -0.465 e. The van der Waals surface area contributed by atoms with Crippen molar-refractivity contribution in [3.63, 3.8) is 0 Å². The van der Waals surface area contributed by atoms with E-state index < -0.39 is 17.1 Å². The zero-order valence-electron chi connectivity index (χ0n) is 4.59. The first kappa shape index (κ1) is 6.55. The van der Waals surface area contributed by atoms with Crippen LogP contribution in [-0.4, -0.2) is 17.8 Å². The molecule has 1 rings (SSSR count). The van der Waals surface area contributed by atoms with E-state index in [4.69, 9.17) is 11.6 Å². The molecule has 0 aromatic carbocycles. The molecule has 1 aliphatic rings. The summed E-state index contributed by atoms with van der Waals surface area (Å²) in [5.74, 6) is -1.19. The van der Waals surface area contributed by atoms with Crippen molar-refractivity contribution in [1.29, 1.82) is 0 Å². The Balaban J connectivity index is 2.60. The van der Waals surface area contributed by atoms with Crippen molar-refractivity contribution in [1.82, 2.24) is 0 Å². The molecule has 0 aromatic rings. The molecule has 0 spiro atoms. The fourth-order valence-electron chi connectivity index (χ4n) is 0.702. The number of ether oxygens (including phenoxy) is 1. The summed E-state index contributed by atoms with van der Waals surface area (Å²) in [7, 11) is 0. The molecule has 1 heterocycles. The highest BCUT2D eigenvalue weighted by atomic mass is 35.5. The highest BCUT2D eigenvalue weighted by Crippen LogP contribution is 2.16. The van der Waals surface area contributed by atoms with E-state index >= 15 is 0 Å². The molecule has 0 bridgehead atoms. The van der Waals surface area contributed by atoms with Gasteiger partial charge in [-0.2, -0.15) is 0 Å². The molecule has 1 saturated heterocycles. The average Bonchev–Trinajstić information content (AvgIpc) is 2.13. The van der Waals surface area contributed by atoms with Crippen LogP contribution >= 0.6 is 11.6 Å². The predicted octanol–water partition coefficient (Wildman–Crippen LogP) is 0.315. The third-order valence-electron chi connectivity index (χ3n) is 1.21. The first-order valence-corrected chi connectivity index (χ1v) is 2.95. The summed E-state index contributed by atoms with van der Waals surface area (Å²) in [5, 5.41) is -0.613. The van der Waals surface area contributed by atoms with Crippen LogP contribution < -0.4 is 0 Å². The van der Waals surface area contributed by atoms with Gasteiger partial charge in [-0.1, -0.05) is 0 Å². The third-order valence-corrected chi connectivity index (χ3v) is 1.47. The molecule has 0 saturated carbocycles. The summed E-state index contributed by atoms with van der Waals surface area (Å²) in [6.45, 7) is 0.321. The molecule has 0 aliphatic carbocycles. The Morgan fingerprint density at radius 3 is 2.67 bits per heavy atom. The van der Waals surface area contributed by atoms with Gasteiger partial charge in [-0.05, 0) is 11.6 Å². The monoisotopic (exact) mass is 148 g/mol. The van der Waals surface area contributed by atoms with Crippen LogP contribution in [0.15, 0.2) is 0 Å². The number of carbonyl (C=O) groups is 2. The number of rotatable bonds is 1. The van der Waals surface area contributed by atoms with Gasteiger partial charge in [-0.15, -0.1) is 0 Å². The fourth-order valence-corrected chi connectivity index (χ4v) is 0.900. The topological polar surface area (TPSA) is 43.4 Å². The SMILES string of the molecule is O=C(Cl)[C@@H]1CCOC1=O. The summed E-state index contributed by atoms with van der Waals surface area (Å²) in [5.41, 5.74) is 0. The second-order valence-electron chi connectivity index (χ2n) is 1.81. The Bertz CT molecular complexity index is 154. The molecule has 0 aromatic heterocycles. The molecular weight excluding hydrogens is 144 g/mol. The molecular formula is C5H5ClO3. The largest absolute Gasteiger partial charge is 0.465 e. The molecule has 4 heteroatoms. The minimum absolute atomic E-state index is 0.321. The molecule has 9 heavy (non-hydrogen) atoms. The lowest BCUT2D eigenvalue weighted by molar-refractivity contribution is -0.143. The fraction of sp³-hybridized carbons (Fsp3) is 0.600. The number of hydrogen-bond donors (Lipinski definition) is 0. The van der Waals surface area contributed by atoms with Gasteiger partial charge in [0.25, 0.3) is 0 Å². The van der Waals surface area contributed by atoms with Gasteiger partial charge in [-0.3, -0.25) is 9.59 Å². The Morgan fingerprint density at radius 2 is 2.44 bits per heavy atom. The van der Waals surface area contributed by atoms with Crippen LogP contribution in [0.4, 0.5) is 0 Å². The molecule has 0 amide bonds. The summed E-state index contributed by atoms with van der Waals surface area (Å²) in [6, 6.07) is 0. The highest BCUT2D eigenvalue weighted by molar-refractivity contribution is 6.65. The minimum atomic E-state index is -0.702. The summed E-state index contributed by atoms with van der Waals surface area (Å²) < 4.78 is 4.48. The second-order valence-corrected chi connectivity index (χ2v) is 2.19. The standard InChI is InChI=1S/C5H5ClO3/c6-4(7)3-1-2-9-5(3)8/h3H,1-2H2/t3-/m0/s1. The zero-order chi connectivity index (χ0) is 6.85. The van der Waals surface area contributed by atoms with Crippen molar-refractivity contribution < 1.29 is 14.3 Å². The first-order chi connectivity index (χ1) is 4.22. The van der Waals surface area contributed by atoms with Crippen LogP contribution in [0.25, 0.3) is 0 Å². The van der Waals surface area contributed by atoms with Crippen LogP contribution in [0.1, 0.15) is 6.42 Å². The maximum atomic E-state index is 10.5. The van der Waals surface area contributed by atoms with Crippen molar-refractivity contribution in [2.75, 3.05) is 6.61 Å². The van der Waals surface area contributed by atoms with Gasteiger partial charge in [0.15, 0.2) is 0 Å². The molecule has 50 valence electrons. The summed E-state index contributed by atoms with van der Waals surface area (Å²) >= 11 is 5.04. The van der Waals surface area contributed by atoms with Gasteiger partial charge >= 0.3 is 5.97 Å². The molecule has 3 nitrogen and oxygen atoms in total. The van der Waals surface area contributed by atoms with Crippen molar-refractivity contribution in [3.8, 4) is 0 Å². The average molecular weight is 149 g/mol. The number of esters is 1. The van der Waals surface area contributed by atoms with E-state index in [1.165, 1.54) is 0 Å². The predicted molar refractivity (Wildman–Crippen MR) is 29.9 cm³/mol. The number of carbonyl (C=O) groups excluding carboxylic acids is 2. The Morgan fingerprint density at radius 1 is 1.78 bits per heavy atom. The van der Waals surface area contributed by atoms with Gasteiger partial charge < -0.3 is 4.74 Å². The lowest BCUT2D eigenvalue weighted by atomic mass is 10.1. The summed E-state index contributed by atoms with van der Waals surface area (Å²) in [6.07, 6.45) is 0.432. The molecule has 1 fully saturated rings. The van der Waals surface area contributed by atoms with Crippen molar-refractivity contribution in [2.45, 2.75) is 6.42 Å². The van der Waals surface area contributed by atoms with Gasteiger partial charge in [0.05, 0.1) is 6.61 Å². The van der Waals surface area contributed by atoms with Crippen molar-refractivity contribution in [2.24, 2.45) is 5.92 Å². The van der Waals surface area contributed by atoms with E-state index in [9.17, 15) is 9.59 Å². The smallest absolute Gasteiger partial charge is 0.317 e. The van der Waals surface area contributed by atoms with Gasteiger partial charge in [0.2, 0.25) is 5.24 Å². The number of hydrogen-bond acceptors (Lipinski definition) is 3. The lowest BCUT2D eigenvalue weighted by Gasteiger charge is -1.93. The van der Waals surface area contributed by atoms with Crippen molar-refractivity contribution in [3.05, 3.63) is 0 Å². The normalized spacial score (nSPS) is 25.9. The van der Waals surface area contributed by atoms with Gasteiger partial charge in [-0.25, -0.2) is 0 Å². The molecule has 0 N–H and O–H groups in total. The highest BCUT2D eigenvalue weighted by Gasteiger charge is 2.31. The Kier molecular flexibility index (Phi) is 1.71. The van der Waals surface area contributed by atoms with E-state index in [0.29, 0.717) is 13.0 Å². The van der Waals surface area contributed by atoms with E-state index in [0.717, 1.165) is 0 Å². The third kappa shape index (κ3) is 1.21. The summed E-state index contributed by atoms with van der Waals surface area (Å²) in [4.78, 5) is 20.8. The Labute approximate surface area is 56.9 Å². The number of halogens is 1. The first-order valence-electron chi connectivity index (χ1n) is 2.58. The molecule has 0 radical (unpaired) electrons. The van der Waals surface area contributed by atoms with Crippen LogP contribution in [0.3, 0.4) is 0 Å². The van der Waals surface area contributed by atoms with Crippen LogP contribution in [0, 0.1) is 5.92 Å². The van der Waals surface area contributed by atoms with E-state index in [-0.39, 0.29) is 0 Å². The lowest BCUT2D eigenvalue weighted by Crippen LogP contribution is -2.13. The molecule has 0 unspecified atom stereocenters. The van der Waals surface area contributed by atoms with E-state index in [1.54, 1.807) is 0 Å². The zero-order valence-corrected chi connectivity index (χ0v) is 5.35. The second kappa shape index (κ2) is 2.35. The Hall–Kier alpha value is -0.570. The maximum Gasteiger partial charge on any atom is 0.317 e. The maximum absolute atomic E-state index is 10.5. The quantitative estimate of drug-likeness (QED) is 0.306. The van der Waals surface area contributed by atoms with Crippen LogP contribution in [0.2, 0.25) is 0 Å². The van der Waals surface area contributed by atoms with Crippen LogP contribution in [0.5, 0.6) is 0 Å². The molecule has 1 aliphatic heterocycles. The van der Waals surface area contributed by atoms with Crippen LogP contribution in [-0.2, 0) is 14.3 Å². The van der Waals surface area contributed by atoms with Crippen molar-refractivity contribution >= 4 is 22.8 Å². The van der Waals surface area contributed by atoms with Gasteiger partial charge in [0, 0.05) is 6.42 Å². The molecule has 1 atom stereocenters. The number of cyclic esters (lactones) is 1.